The molecule has 5 aromatic carbocycles. The number of fused-ring (bicyclic) bond motifs is 3. The SMILES string of the molecule is c1ccc(Nc2ccc3oc4ccc(N(c5ccccc5)c5ccccc5)cc4c3c2)cc1. The highest BCUT2D eigenvalue weighted by atomic mass is 16.3. The molecule has 1 heterocycles. The largest absolute Gasteiger partial charge is 0.456 e. The second-order valence-electron chi connectivity index (χ2n) is 7.99. The predicted octanol–water partition coefficient (Wildman–Crippen LogP) is 8.80. The molecule has 0 bridgehead atoms. The van der Waals surface area contributed by atoms with Crippen molar-refractivity contribution in [2.24, 2.45) is 0 Å². The van der Waals surface area contributed by atoms with Crippen LogP contribution in [0.5, 0.6) is 0 Å². The van der Waals surface area contributed by atoms with Gasteiger partial charge in [-0.1, -0.05) is 54.6 Å². The van der Waals surface area contributed by atoms with Crippen molar-refractivity contribution < 1.29 is 4.42 Å². The lowest BCUT2D eigenvalue weighted by molar-refractivity contribution is 0.669. The molecule has 0 spiro atoms. The summed E-state index contributed by atoms with van der Waals surface area (Å²) in [4.78, 5) is 2.27. The van der Waals surface area contributed by atoms with Crippen molar-refractivity contribution in [3.8, 4) is 0 Å². The molecular weight excluding hydrogens is 404 g/mol. The number of benzene rings is 5. The molecule has 6 rings (SSSR count). The first-order valence-electron chi connectivity index (χ1n) is 11.0. The first-order valence-corrected chi connectivity index (χ1v) is 11.0. The maximum absolute atomic E-state index is 6.16. The van der Waals surface area contributed by atoms with Crippen LogP contribution < -0.4 is 10.2 Å². The average Bonchev–Trinajstić information content (AvgIpc) is 3.24. The van der Waals surface area contributed by atoms with E-state index in [9.17, 15) is 0 Å². The van der Waals surface area contributed by atoms with Crippen molar-refractivity contribution in [1.82, 2.24) is 0 Å². The van der Waals surface area contributed by atoms with Crippen LogP contribution in [0.15, 0.2) is 132 Å². The Kier molecular flexibility index (Phi) is 4.78. The normalized spacial score (nSPS) is 11.0. The van der Waals surface area contributed by atoms with Gasteiger partial charge in [0.05, 0.1) is 0 Å². The lowest BCUT2D eigenvalue weighted by Crippen LogP contribution is -2.09. The zero-order valence-corrected chi connectivity index (χ0v) is 18.0. The minimum absolute atomic E-state index is 0.881. The van der Waals surface area contributed by atoms with Gasteiger partial charge in [-0.3, -0.25) is 0 Å². The van der Waals surface area contributed by atoms with Crippen molar-refractivity contribution in [3.05, 3.63) is 127 Å². The van der Waals surface area contributed by atoms with Crippen molar-refractivity contribution in [2.45, 2.75) is 0 Å². The van der Waals surface area contributed by atoms with Crippen molar-refractivity contribution in [3.63, 3.8) is 0 Å². The van der Waals surface area contributed by atoms with Gasteiger partial charge in [0.1, 0.15) is 11.2 Å². The fraction of sp³-hybridized carbons (Fsp3) is 0. The highest BCUT2D eigenvalue weighted by Gasteiger charge is 2.15. The highest BCUT2D eigenvalue weighted by molar-refractivity contribution is 6.07. The number of hydrogen-bond acceptors (Lipinski definition) is 3. The number of nitrogens with one attached hydrogen (secondary N) is 1. The molecule has 158 valence electrons. The van der Waals surface area contributed by atoms with E-state index in [2.05, 4.69) is 101 Å². The molecule has 0 fully saturated rings. The summed E-state index contributed by atoms with van der Waals surface area (Å²) in [6.07, 6.45) is 0. The molecule has 1 N–H and O–H groups in total. The van der Waals surface area contributed by atoms with Crippen LogP contribution in [0.1, 0.15) is 0 Å². The Morgan fingerprint density at radius 1 is 0.455 bits per heavy atom. The Bertz CT molecular complexity index is 1480. The number of anilines is 5. The van der Waals surface area contributed by atoms with Crippen LogP contribution in [-0.4, -0.2) is 0 Å². The molecule has 0 amide bonds. The Labute approximate surface area is 192 Å². The first kappa shape index (κ1) is 19.2. The van der Waals surface area contributed by atoms with E-state index in [4.69, 9.17) is 4.42 Å². The predicted molar refractivity (Wildman–Crippen MR) is 138 cm³/mol. The van der Waals surface area contributed by atoms with E-state index in [-0.39, 0.29) is 0 Å². The summed E-state index contributed by atoms with van der Waals surface area (Å²) in [5.41, 5.74) is 7.17. The Hall–Kier alpha value is -4.50. The fourth-order valence-electron chi connectivity index (χ4n) is 4.27. The van der Waals surface area contributed by atoms with Gasteiger partial charge in [-0.05, 0) is 72.8 Å². The summed E-state index contributed by atoms with van der Waals surface area (Å²) in [5.74, 6) is 0. The van der Waals surface area contributed by atoms with Crippen molar-refractivity contribution >= 4 is 50.4 Å². The summed E-state index contributed by atoms with van der Waals surface area (Å²) >= 11 is 0. The topological polar surface area (TPSA) is 28.4 Å². The van der Waals surface area contributed by atoms with Gasteiger partial charge in [-0.15, -0.1) is 0 Å². The molecule has 0 radical (unpaired) electrons. The maximum Gasteiger partial charge on any atom is 0.135 e. The zero-order chi connectivity index (χ0) is 22.0. The molecule has 0 saturated carbocycles. The summed E-state index contributed by atoms with van der Waals surface area (Å²) in [6.45, 7) is 0. The summed E-state index contributed by atoms with van der Waals surface area (Å²) in [5, 5.41) is 5.67. The first-order chi connectivity index (χ1) is 16.3. The second kappa shape index (κ2) is 8.21. The Morgan fingerprint density at radius 3 is 1.64 bits per heavy atom. The Morgan fingerprint density at radius 2 is 1.00 bits per heavy atom. The molecular formula is C30H22N2O. The lowest BCUT2D eigenvalue weighted by atomic mass is 10.1. The van der Waals surface area contributed by atoms with E-state index < -0.39 is 0 Å². The fourth-order valence-corrected chi connectivity index (χ4v) is 4.27. The van der Waals surface area contributed by atoms with Crippen LogP contribution in [0, 0.1) is 0 Å². The van der Waals surface area contributed by atoms with Crippen LogP contribution in [-0.2, 0) is 0 Å². The minimum atomic E-state index is 0.881. The molecule has 33 heavy (non-hydrogen) atoms. The van der Waals surface area contributed by atoms with Gasteiger partial charge in [-0.25, -0.2) is 0 Å². The molecule has 0 atom stereocenters. The standard InChI is InChI=1S/C30H22N2O/c1-4-10-22(11-5-1)31-23-16-18-29-27(20-23)28-21-26(17-19-30(28)33-29)32(24-12-6-2-7-13-24)25-14-8-3-9-15-25/h1-21,31H. The Balaban J connectivity index is 1.48. The van der Waals surface area contributed by atoms with E-state index in [0.717, 1.165) is 50.4 Å². The number of hydrogen-bond donors (Lipinski definition) is 1. The van der Waals surface area contributed by atoms with Crippen LogP contribution in [0.3, 0.4) is 0 Å². The zero-order valence-electron chi connectivity index (χ0n) is 18.0. The van der Waals surface area contributed by atoms with Crippen LogP contribution >= 0.6 is 0 Å². The number of nitrogens with zero attached hydrogens (tertiary/aromatic N) is 1. The minimum Gasteiger partial charge on any atom is -0.456 e. The maximum atomic E-state index is 6.16. The molecule has 0 saturated heterocycles. The average molecular weight is 427 g/mol. The quantitative estimate of drug-likeness (QED) is 0.298. The van der Waals surface area contributed by atoms with Crippen LogP contribution in [0.4, 0.5) is 28.4 Å². The van der Waals surface area contributed by atoms with E-state index in [1.807, 2.05) is 36.4 Å². The highest BCUT2D eigenvalue weighted by Crippen LogP contribution is 2.39. The summed E-state index contributed by atoms with van der Waals surface area (Å²) in [6, 6.07) is 43.7. The van der Waals surface area contributed by atoms with E-state index in [1.165, 1.54) is 0 Å². The summed E-state index contributed by atoms with van der Waals surface area (Å²) in [7, 11) is 0. The summed E-state index contributed by atoms with van der Waals surface area (Å²) < 4.78 is 6.16. The second-order valence-corrected chi connectivity index (χ2v) is 7.99. The van der Waals surface area contributed by atoms with Gasteiger partial charge in [-0.2, -0.15) is 0 Å². The lowest BCUT2D eigenvalue weighted by Gasteiger charge is -2.25. The number of para-hydroxylation sites is 3. The molecule has 1 aromatic heterocycles. The van der Waals surface area contributed by atoms with E-state index >= 15 is 0 Å². The van der Waals surface area contributed by atoms with Crippen LogP contribution in [0.25, 0.3) is 21.9 Å². The van der Waals surface area contributed by atoms with Gasteiger partial charge in [0.25, 0.3) is 0 Å². The van der Waals surface area contributed by atoms with Gasteiger partial charge in [0.2, 0.25) is 0 Å². The molecule has 3 nitrogen and oxygen atoms in total. The molecule has 0 aliphatic carbocycles. The smallest absolute Gasteiger partial charge is 0.135 e. The number of rotatable bonds is 5. The third-order valence-corrected chi connectivity index (χ3v) is 5.80. The van der Waals surface area contributed by atoms with Gasteiger partial charge in [0, 0.05) is 39.2 Å². The molecule has 3 heteroatoms. The van der Waals surface area contributed by atoms with E-state index in [1.54, 1.807) is 0 Å². The molecule has 0 aliphatic rings. The van der Waals surface area contributed by atoms with Crippen molar-refractivity contribution in [1.29, 1.82) is 0 Å². The van der Waals surface area contributed by atoms with Crippen LogP contribution in [0.2, 0.25) is 0 Å². The van der Waals surface area contributed by atoms with Gasteiger partial charge < -0.3 is 14.6 Å². The third kappa shape index (κ3) is 3.70. The van der Waals surface area contributed by atoms with Crippen molar-refractivity contribution in [2.75, 3.05) is 10.2 Å². The van der Waals surface area contributed by atoms with E-state index in [0.29, 0.717) is 0 Å². The molecule has 0 unspecified atom stereocenters. The van der Waals surface area contributed by atoms with Gasteiger partial charge in [0.15, 0.2) is 0 Å². The van der Waals surface area contributed by atoms with Gasteiger partial charge >= 0.3 is 0 Å². The third-order valence-electron chi connectivity index (χ3n) is 5.80. The number of furan rings is 1. The molecule has 6 aromatic rings. The monoisotopic (exact) mass is 426 g/mol. The molecule has 0 aliphatic heterocycles.